The van der Waals surface area contributed by atoms with Crippen molar-refractivity contribution in [3.63, 3.8) is 0 Å². The minimum absolute atomic E-state index is 0.0848. The molecule has 0 aliphatic rings. The third-order valence-corrected chi connectivity index (χ3v) is 2.48. The van der Waals surface area contributed by atoms with Crippen molar-refractivity contribution in [2.24, 2.45) is 0 Å². The van der Waals surface area contributed by atoms with Crippen LogP contribution in [0.1, 0.15) is 0 Å². The number of halogens is 1. The predicted molar refractivity (Wildman–Crippen MR) is 66.8 cm³/mol. The van der Waals surface area contributed by atoms with E-state index in [1.165, 1.54) is 12.1 Å². The molecule has 2 aromatic carbocycles. The van der Waals surface area contributed by atoms with Gasteiger partial charge in [0.2, 0.25) is 0 Å². The maximum absolute atomic E-state index is 12.4. The Morgan fingerprint density at radius 1 is 0.944 bits per heavy atom. The highest BCUT2D eigenvalue weighted by Gasteiger charge is 2.09. The smallest absolute Gasteiger partial charge is 0.358 e. The zero-order valence-electron chi connectivity index (χ0n) is 9.21. The summed E-state index contributed by atoms with van der Waals surface area (Å²) in [6.45, 7) is 0. The van der Waals surface area contributed by atoms with Crippen molar-refractivity contribution in [1.82, 2.24) is 0 Å². The van der Waals surface area contributed by atoms with Gasteiger partial charge in [-0.25, -0.2) is 0 Å². The van der Waals surface area contributed by atoms with E-state index in [4.69, 9.17) is 0 Å². The van der Waals surface area contributed by atoms with E-state index in [9.17, 15) is 12.3 Å². The molecule has 0 bridgehead atoms. The molecule has 4 nitrogen and oxygen atoms in total. The van der Waals surface area contributed by atoms with Crippen molar-refractivity contribution in [2.75, 3.05) is 5.32 Å². The molecule has 2 aromatic rings. The van der Waals surface area contributed by atoms with Gasteiger partial charge in [-0.1, -0.05) is 28.2 Å². The summed E-state index contributed by atoms with van der Waals surface area (Å²) in [5.74, 6) is -0.0848. The van der Waals surface area contributed by atoms with Gasteiger partial charge < -0.3 is 9.50 Å². The summed E-state index contributed by atoms with van der Waals surface area (Å²) in [6.07, 6.45) is 0. The molecular weight excluding hydrogens is 257 g/mol. The molecule has 0 radical (unpaired) electrons. The molecule has 0 saturated carbocycles. The highest BCUT2D eigenvalue weighted by Crippen LogP contribution is 2.22. The first-order valence-electron chi connectivity index (χ1n) is 5.09. The predicted octanol–water partition coefficient (Wildman–Crippen LogP) is 3.02. The number of rotatable bonds is 4. The van der Waals surface area contributed by atoms with Gasteiger partial charge in [0.25, 0.3) is 0 Å². The van der Waals surface area contributed by atoms with Crippen molar-refractivity contribution >= 4 is 21.9 Å². The van der Waals surface area contributed by atoms with Crippen molar-refractivity contribution < 1.29 is 16.5 Å². The molecule has 18 heavy (non-hydrogen) atoms. The lowest BCUT2D eigenvalue weighted by Crippen LogP contribution is -2.01. The van der Waals surface area contributed by atoms with Gasteiger partial charge >= 0.3 is 10.5 Å². The summed E-state index contributed by atoms with van der Waals surface area (Å²) < 4.78 is 37.2. The molecule has 0 aromatic heterocycles. The second-order valence-corrected chi connectivity index (χ2v) is 4.45. The molecule has 94 valence electrons. The van der Waals surface area contributed by atoms with Crippen LogP contribution in [0.25, 0.3) is 0 Å². The van der Waals surface area contributed by atoms with Gasteiger partial charge in [-0.15, -0.1) is 0 Å². The number of para-hydroxylation sites is 1. The number of anilines is 2. The van der Waals surface area contributed by atoms with E-state index in [0.29, 0.717) is 5.69 Å². The average molecular weight is 267 g/mol. The Hall–Kier alpha value is -2.08. The molecule has 0 amide bonds. The minimum atomic E-state index is -4.99. The van der Waals surface area contributed by atoms with Crippen molar-refractivity contribution in [3.8, 4) is 5.75 Å². The lowest BCUT2D eigenvalue weighted by atomic mass is 10.2. The second kappa shape index (κ2) is 5.05. The van der Waals surface area contributed by atoms with Gasteiger partial charge in [0.05, 0.1) is 0 Å². The zero-order chi connectivity index (χ0) is 13.0. The summed E-state index contributed by atoms with van der Waals surface area (Å²) in [7, 11) is -4.99. The molecule has 0 saturated heterocycles. The first-order valence-corrected chi connectivity index (χ1v) is 6.40. The highest BCUT2D eigenvalue weighted by atomic mass is 32.3. The molecular formula is C12H10FNO3S. The van der Waals surface area contributed by atoms with Crippen molar-refractivity contribution in [1.29, 1.82) is 0 Å². The largest absolute Gasteiger partial charge is 0.488 e. The highest BCUT2D eigenvalue weighted by molar-refractivity contribution is 7.81. The maximum atomic E-state index is 12.4. The van der Waals surface area contributed by atoms with Gasteiger partial charge in [0, 0.05) is 17.4 Å². The Morgan fingerprint density at radius 3 is 2.28 bits per heavy atom. The third-order valence-electron chi connectivity index (χ3n) is 2.09. The van der Waals surface area contributed by atoms with Crippen LogP contribution in [0.4, 0.5) is 15.3 Å². The summed E-state index contributed by atoms with van der Waals surface area (Å²) >= 11 is 0. The molecule has 1 N–H and O–H groups in total. The molecule has 0 aliphatic heterocycles. The van der Waals surface area contributed by atoms with Crippen LogP contribution >= 0.6 is 0 Å². The lowest BCUT2D eigenvalue weighted by molar-refractivity contribution is 0.440. The Bertz CT molecular complexity index is 629. The van der Waals surface area contributed by atoms with E-state index < -0.39 is 10.5 Å². The summed E-state index contributed by atoms with van der Waals surface area (Å²) in [4.78, 5) is 0. The van der Waals surface area contributed by atoms with Crippen molar-refractivity contribution in [2.45, 2.75) is 0 Å². The number of benzene rings is 2. The van der Waals surface area contributed by atoms with Gasteiger partial charge in [-0.3, -0.25) is 0 Å². The monoisotopic (exact) mass is 267 g/mol. The topological polar surface area (TPSA) is 55.4 Å². The first-order chi connectivity index (χ1) is 8.53. The Labute approximate surface area is 104 Å². The normalized spacial score (nSPS) is 10.9. The average Bonchev–Trinajstić information content (AvgIpc) is 2.28. The van der Waals surface area contributed by atoms with Gasteiger partial charge in [0.15, 0.2) is 0 Å². The van der Waals surface area contributed by atoms with Gasteiger partial charge in [-0.05, 0) is 24.3 Å². The van der Waals surface area contributed by atoms with E-state index in [-0.39, 0.29) is 5.75 Å². The van der Waals surface area contributed by atoms with E-state index in [0.717, 1.165) is 5.69 Å². The van der Waals surface area contributed by atoms with Crippen LogP contribution in [0, 0.1) is 0 Å². The molecule has 2 rings (SSSR count). The molecule has 0 atom stereocenters. The second-order valence-electron chi connectivity index (χ2n) is 3.50. The molecule has 0 spiro atoms. The lowest BCUT2D eigenvalue weighted by Gasteiger charge is -2.07. The van der Waals surface area contributed by atoms with E-state index >= 15 is 0 Å². The van der Waals surface area contributed by atoms with E-state index in [2.05, 4.69) is 9.50 Å². The molecule has 0 aliphatic carbocycles. The Balaban J connectivity index is 2.18. The summed E-state index contributed by atoms with van der Waals surface area (Å²) in [5.41, 5.74) is 1.43. The standard InChI is InChI=1S/C12H10FNO3S/c13-18(15,16)17-12-8-4-7-11(9-12)14-10-5-2-1-3-6-10/h1-9,14H. The fourth-order valence-corrected chi connectivity index (χ4v) is 1.76. The van der Waals surface area contributed by atoms with Crippen LogP contribution in [-0.2, 0) is 10.5 Å². The number of hydrogen-bond donors (Lipinski definition) is 1. The van der Waals surface area contributed by atoms with Gasteiger partial charge in [0.1, 0.15) is 5.75 Å². The van der Waals surface area contributed by atoms with Crippen molar-refractivity contribution in [3.05, 3.63) is 54.6 Å². The van der Waals surface area contributed by atoms with E-state index in [1.54, 1.807) is 12.1 Å². The molecule has 0 heterocycles. The van der Waals surface area contributed by atoms with Crippen LogP contribution < -0.4 is 9.50 Å². The number of nitrogens with one attached hydrogen (secondary N) is 1. The molecule has 0 unspecified atom stereocenters. The Kier molecular flexibility index (Phi) is 3.47. The van der Waals surface area contributed by atoms with Crippen LogP contribution in [0.2, 0.25) is 0 Å². The Morgan fingerprint density at radius 2 is 1.61 bits per heavy atom. The minimum Gasteiger partial charge on any atom is -0.358 e. The van der Waals surface area contributed by atoms with Gasteiger partial charge in [-0.2, -0.15) is 8.42 Å². The van der Waals surface area contributed by atoms with Crippen LogP contribution in [0.5, 0.6) is 5.75 Å². The SMILES string of the molecule is O=S(=O)(F)Oc1cccc(Nc2ccccc2)c1. The molecule has 0 fully saturated rings. The zero-order valence-corrected chi connectivity index (χ0v) is 10.0. The summed E-state index contributed by atoms with van der Waals surface area (Å²) in [5, 5.41) is 3.03. The van der Waals surface area contributed by atoms with Crippen LogP contribution in [0.15, 0.2) is 54.6 Å². The van der Waals surface area contributed by atoms with E-state index in [1.807, 2.05) is 30.3 Å². The maximum Gasteiger partial charge on any atom is 0.488 e. The quantitative estimate of drug-likeness (QED) is 0.865. The first kappa shape index (κ1) is 12.4. The summed E-state index contributed by atoms with van der Waals surface area (Å²) in [6, 6.07) is 15.3. The van der Waals surface area contributed by atoms with Crippen LogP contribution in [-0.4, -0.2) is 8.42 Å². The third kappa shape index (κ3) is 3.74. The number of hydrogen-bond acceptors (Lipinski definition) is 4. The fourth-order valence-electron chi connectivity index (χ4n) is 1.43. The molecule has 6 heteroatoms. The van der Waals surface area contributed by atoms with Crippen LogP contribution in [0.3, 0.4) is 0 Å². The fraction of sp³-hybridized carbons (Fsp3) is 0.